The summed E-state index contributed by atoms with van der Waals surface area (Å²) < 4.78 is 5.75. The number of nitrogens with two attached hydrogens (primary N) is 1. The highest BCUT2D eigenvalue weighted by molar-refractivity contribution is 7.99. The lowest BCUT2D eigenvalue weighted by Crippen LogP contribution is -2.09. The summed E-state index contributed by atoms with van der Waals surface area (Å²) in [5.74, 6) is 0. The molecule has 0 aliphatic carbocycles. The van der Waals surface area contributed by atoms with Crippen molar-refractivity contribution in [3.05, 3.63) is 54.1 Å². The van der Waals surface area contributed by atoms with Gasteiger partial charge in [-0.15, -0.1) is 0 Å². The van der Waals surface area contributed by atoms with Crippen molar-refractivity contribution in [2.45, 2.75) is 29.5 Å². The van der Waals surface area contributed by atoms with Gasteiger partial charge in [0.05, 0.1) is 0 Å². The van der Waals surface area contributed by atoms with E-state index in [0.29, 0.717) is 5.22 Å². The van der Waals surface area contributed by atoms with Crippen LogP contribution in [0.3, 0.4) is 0 Å². The molecule has 0 spiro atoms. The smallest absolute Gasteiger partial charge is 0.261 e. The first-order valence-corrected chi connectivity index (χ1v) is 7.47. The summed E-state index contributed by atoms with van der Waals surface area (Å²) in [6.07, 6.45) is 0.908. The molecule has 0 radical (unpaired) electrons. The first-order valence-electron chi connectivity index (χ1n) is 6.66. The third kappa shape index (κ3) is 2.57. The molecule has 0 aliphatic rings. The van der Waals surface area contributed by atoms with Crippen LogP contribution < -0.4 is 5.73 Å². The molecule has 0 saturated carbocycles. The molecule has 102 valence electrons. The number of rotatable bonds is 4. The van der Waals surface area contributed by atoms with E-state index >= 15 is 0 Å². The summed E-state index contributed by atoms with van der Waals surface area (Å²) in [7, 11) is 0. The van der Waals surface area contributed by atoms with Crippen molar-refractivity contribution >= 4 is 22.9 Å². The van der Waals surface area contributed by atoms with Gasteiger partial charge in [-0.2, -0.15) is 0 Å². The van der Waals surface area contributed by atoms with Gasteiger partial charge in [-0.1, -0.05) is 37.3 Å². The molecule has 0 fully saturated rings. The largest absolute Gasteiger partial charge is 0.431 e. The zero-order valence-electron chi connectivity index (χ0n) is 11.2. The molecule has 3 rings (SSSR count). The Kier molecular flexibility index (Phi) is 3.76. The molecule has 4 heteroatoms. The first-order chi connectivity index (χ1) is 9.78. The number of hydrogen-bond donors (Lipinski definition) is 1. The van der Waals surface area contributed by atoms with Gasteiger partial charge in [-0.05, 0) is 41.9 Å². The average molecular weight is 284 g/mol. The van der Waals surface area contributed by atoms with Crippen LogP contribution in [-0.4, -0.2) is 4.98 Å². The molecular weight excluding hydrogens is 268 g/mol. The third-order valence-corrected chi connectivity index (χ3v) is 4.17. The quantitative estimate of drug-likeness (QED) is 0.772. The fraction of sp³-hybridized carbons (Fsp3) is 0.188. The molecule has 20 heavy (non-hydrogen) atoms. The average Bonchev–Trinajstić information content (AvgIpc) is 2.89. The molecule has 1 heterocycles. The van der Waals surface area contributed by atoms with Gasteiger partial charge < -0.3 is 10.2 Å². The zero-order valence-corrected chi connectivity index (χ0v) is 12.1. The van der Waals surface area contributed by atoms with Crippen LogP contribution in [0.1, 0.15) is 24.9 Å². The van der Waals surface area contributed by atoms with Crippen LogP contribution in [0.4, 0.5) is 0 Å². The topological polar surface area (TPSA) is 52.0 Å². The molecule has 0 amide bonds. The van der Waals surface area contributed by atoms with Crippen LogP contribution in [0.5, 0.6) is 0 Å². The van der Waals surface area contributed by atoms with Crippen LogP contribution >= 0.6 is 11.8 Å². The lowest BCUT2D eigenvalue weighted by Gasteiger charge is -2.12. The molecule has 1 atom stereocenters. The number of benzene rings is 2. The highest BCUT2D eigenvalue weighted by atomic mass is 32.2. The van der Waals surface area contributed by atoms with E-state index in [0.717, 1.165) is 28.0 Å². The molecule has 0 unspecified atom stereocenters. The molecule has 3 nitrogen and oxygen atoms in total. The fourth-order valence-electron chi connectivity index (χ4n) is 2.09. The number of oxazole rings is 1. The maximum atomic E-state index is 6.16. The minimum atomic E-state index is 0.0445. The van der Waals surface area contributed by atoms with Gasteiger partial charge in [-0.25, -0.2) is 4.98 Å². The fourth-order valence-corrected chi connectivity index (χ4v) is 3.04. The second-order valence-electron chi connectivity index (χ2n) is 4.60. The van der Waals surface area contributed by atoms with Gasteiger partial charge in [0.2, 0.25) is 0 Å². The summed E-state index contributed by atoms with van der Waals surface area (Å²) in [5.41, 5.74) is 8.99. The minimum absolute atomic E-state index is 0.0445. The molecular formula is C16H16N2OS. The van der Waals surface area contributed by atoms with Gasteiger partial charge >= 0.3 is 0 Å². The highest BCUT2D eigenvalue weighted by Gasteiger charge is 2.13. The normalized spacial score (nSPS) is 12.7. The number of aromatic nitrogens is 1. The number of hydrogen-bond acceptors (Lipinski definition) is 4. The second-order valence-corrected chi connectivity index (χ2v) is 5.60. The SMILES string of the molecule is CC[C@@H](N)c1ccccc1Sc1nc2ccccc2o1. The van der Waals surface area contributed by atoms with Gasteiger partial charge in [0.1, 0.15) is 5.52 Å². The first kappa shape index (κ1) is 13.2. The maximum absolute atomic E-state index is 6.16. The van der Waals surface area contributed by atoms with Gasteiger partial charge in [0.25, 0.3) is 5.22 Å². The lowest BCUT2D eigenvalue weighted by atomic mass is 10.1. The van der Waals surface area contributed by atoms with Crippen molar-refractivity contribution in [1.29, 1.82) is 0 Å². The van der Waals surface area contributed by atoms with Crippen LogP contribution in [0.15, 0.2) is 63.1 Å². The van der Waals surface area contributed by atoms with Gasteiger partial charge in [0, 0.05) is 10.9 Å². The summed E-state index contributed by atoms with van der Waals surface area (Å²) in [6.45, 7) is 2.09. The summed E-state index contributed by atoms with van der Waals surface area (Å²) in [4.78, 5) is 5.59. The summed E-state index contributed by atoms with van der Waals surface area (Å²) in [6, 6.07) is 16.0. The minimum Gasteiger partial charge on any atom is -0.431 e. The zero-order chi connectivity index (χ0) is 13.9. The summed E-state index contributed by atoms with van der Waals surface area (Å²) in [5, 5.41) is 0.655. The van der Waals surface area contributed by atoms with Crippen molar-refractivity contribution in [2.75, 3.05) is 0 Å². The van der Waals surface area contributed by atoms with Crippen LogP contribution in [0.25, 0.3) is 11.1 Å². The van der Waals surface area contributed by atoms with Crippen molar-refractivity contribution in [3.8, 4) is 0 Å². The van der Waals surface area contributed by atoms with Gasteiger partial charge in [0.15, 0.2) is 5.58 Å². The Morgan fingerprint density at radius 1 is 1.15 bits per heavy atom. The Bertz CT molecular complexity index is 690. The Morgan fingerprint density at radius 2 is 1.90 bits per heavy atom. The van der Waals surface area contributed by atoms with Crippen molar-refractivity contribution in [2.24, 2.45) is 5.73 Å². The predicted molar refractivity (Wildman–Crippen MR) is 81.8 cm³/mol. The molecule has 1 aromatic heterocycles. The van der Waals surface area contributed by atoms with E-state index < -0.39 is 0 Å². The number of fused-ring (bicyclic) bond motifs is 1. The van der Waals surface area contributed by atoms with E-state index in [4.69, 9.17) is 10.2 Å². The standard InChI is InChI=1S/C16H16N2OS/c1-2-12(17)11-7-3-6-10-15(11)20-16-18-13-8-4-5-9-14(13)19-16/h3-10,12H,2,17H2,1H3/t12-/m1/s1. The lowest BCUT2D eigenvalue weighted by molar-refractivity contribution is 0.489. The monoisotopic (exact) mass is 284 g/mol. The Hall–Kier alpha value is -1.78. The third-order valence-electron chi connectivity index (χ3n) is 3.23. The Labute approximate surface area is 122 Å². The van der Waals surface area contributed by atoms with Crippen LogP contribution in [0.2, 0.25) is 0 Å². The highest BCUT2D eigenvalue weighted by Crippen LogP contribution is 2.34. The van der Waals surface area contributed by atoms with E-state index in [2.05, 4.69) is 24.0 Å². The molecule has 0 saturated heterocycles. The van der Waals surface area contributed by atoms with E-state index in [-0.39, 0.29) is 6.04 Å². The van der Waals surface area contributed by atoms with Crippen molar-refractivity contribution in [3.63, 3.8) is 0 Å². The summed E-state index contributed by atoms with van der Waals surface area (Å²) >= 11 is 1.53. The molecule has 0 aliphatic heterocycles. The van der Waals surface area contributed by atoms with Gasteiger partial charge in [-0.3, -0.25) is 0 Å². The van der Waals surface area contributed by atoms with Crippen LogP contribution in [-0.2, 0) is 0 Å². The molecule has 2 N–H and O–H groups in total. The van der Waals surface area contributed by atoms with Crippen LogP contribution in [0, 0.1) is 0 Å². The Morgan fingerprint density at radius 3 is 2.70 bits per heavy atom. The van der Waals surface area contributed by atoms with E-state index in [9.17, 15) is 0 Å². The number of para-hydroxylation sites is 2. The molecule has 0 bridgehead atoms. The number of nitrogens with zero attached hydrogens (tertiary/aromatic N) is 1. The van der Waals surface area contributed by atoms with Crippen molar-refractivity contribution < 1.29 is 4.42 Å². The van der Waals surface area contributed by atoms with Crippen molar-refractivity contribution in [1.82, 2.24) is 4.98 Å². The molecule has 3 aromatic rings. The van der Waals surface area contributed by atoms with E-state index in [1.807, 2.05) is 36.4 Å². The molecule has 2 aromatic carbocycles. The van der Waals surface area contributed by atoms with E-state index in [1.54, 1.807) is 0 Å². The predicted octanol–water partition coefficient (Wildman–Crippen LogP) is 4.39. The second kappa shape index (κ2) is 5.69. The van der Waals surface area contributed by atoms with E-state index in [1.165, 1.54) is 11.8 Å². The Balaban J connectivity index is 1.94. The maximum Gasteiger partial charge on any atom is 0.261 e.